The van der Waals surface area contributed by atoms with Crippen LogP contribution in [0, 0.1) is 6.92 Å². The van der Waals surface area contributed by atoms with Crippen molar-refractivity contribution in [2.45, 2.75) is 70.7 Å². The summed E-state index contributed by atoms with van der Waals surface area (Å²) in [6.45, 7) is 6.27. The van der Waals surface area contributed by atoms with Gasteiger partial charge in [-0.15, -0.1) is 0 Å². The molecule has 164 valence electrons. The van der Waals surface area contributed by atoms with Crippen molar-refractivity contribution in [1.29, 1.82) is 0 Å². The van der Waals surface area contributed by atoms with Crippen LogP contribution in [0.2, 0.25) is 0 Å². The molecule has 3 rings (SSSR count). The lowest BCUT2D eigenvalue weighted by molar-refractivity contribution is -0.129. The Hall–Kier alpha value is -2.61. The summed E-state index contributed by atoms with van der Waals surface area (Å²) < 4.78 is 0. The second kappa shape index (κ2) is 9.47. The van der Waals surface area contributed by atoms with Crippen LogP contribution in [0.1, 0.15) is 55.5 Å². The molecule has 1 heterocycles. The van der Waals surface area contributed by atoms with E-state index in [2.05, 4.69) is 10.6 Å². The second-order valence-corrected chi connectivity index (χ2v) is 8.66. The third kappa shape index (κ3) is 5.11. The summed E-state index contributed by atoms with van der Waals surface area (Å²) in [5.74, 6) is -0.558. The summed E-state index contributed by atoms with van der Waals surface area (Å²) in [5.41, 5.74) is 7.45. The zero-order valence-electron chi connectivity index (χ0n) is 18.1. The van der Waals surface area contributed by atoms with Crippen molar-refractivity contribution in [3.63, 3.8) is 0 Å². The molecule has 1 atom stereocenters. The zero-order chi connectivity index (χ0) is 21.8. The Morgan fingerprint density at radius 1 is 1.07 bits per heavy atom. The fraction of sp³-hybridized carbons (Fsp3) is 0.591. The molecule has 8 nitrogen and oxygen atoms in total. The van der Waals surface area contributed by atoms with Gasteiger partial charge in [-0.05, 0) is 58.6 Å². The SMILES string of the molecule is Cc1cccc(C(=O)N2CCN(C(=O)NC(C)C)C2C(=O)NC2CCC(N)CC2)c1. The Morgan fingerprint density at radius 3 is 2.37 bits per heavy atom. The number of aryl methyl sites for hydroxylation is 1. The molecule has 8 heteroatoms. The minimum atomic E-state index is -0.965. The van der Waals surface area contributed by atoms with Crippen LogP contribution >= 0.6 is 0 Å². The Bertz CT molecular complexity index is 789. The molecule has 1 aromatic carbocycles. The predicted molar refractivity (Wildman–Crippen MR) is 115 cm³/mol. The van der Waals surface area contributed by atoms with Gasteiger partial charge in [0.15, 0.2) is 6.17 Å². The van der Waals surface area contributed by atoms with Crippen molar-refractivity contribution in [3.05, 3.63) is 35.4 Å². The molecule has 0 aromatic heterocycles. The van der Waals surface area contributed by atoms with Gasteiger partial charge in [0.25, 0.3) is 11.8 Å². The summed E-state index contributed by atoms with van der Waals surface area (Å²) in [4.78, 5) is 42.2. The molecule has 0 bridgehead atoms. The molecular weight excluding hydrogens is 382 g/mol. The molecule has 30 heavy (non-hydrogen) atoms. The first-order valence-corrected chi connectivity index (χ1v) is 10.8. The van der Waals surface area contributed by atoms with Crippen molar-refractivity contribution < 1.29 is 14.4 Å². The first-order chi connectivity index (χ1) is 14.3. The fourth-order valence-corrected chi connectivity index (χ4v) is 4.15. The number of amides is 4. The van der Waals surface area contributed by atoms with E-state index in [-0.39, 0.29) is 36.0 Å². The van der Waals surface area contributed by atoms with E-state index in [1.807, 2.05) is 32.9 Å². The minimum Gasteiger partial charge on any atom is -0.350 e. The molecule has 2 aliphatic rings. The highest BCUT2D eigenvalue weighted by atomic mass is 16.2. The van der Waals surface area contributed by atoms with Gasteiger partial charge < -0.3 is 21.3 Å². The highest BCUT2D eigenvalue weighted by Crippen LogP contribution is 2.22. The number of benzene rings is 1. The standard InChI is InChI=1S/C22H33N5O3/c1-14(2)24-22(30)27-12-11-26(21(29)16-6-4-5-15(3)13-16)20(27)19(28)25-18-9-7-17(23)8-10-18/h4-6,13-14,17-18,20H,7-12,23H2,1-3H3,(H,24,30)(H,25,28). The van der Waals surface area contributed by atoms with E-state index in [0.717, 1.165) is 31.2 Å². The van der Waals surface area contributed by atoms with Gasteiger partial charge in [0, 0.05) is 36.8 Å². The van der Waals surface area contributed by atoms with Crippen LogP contribution in [0.25, 0.3) is 0 Å². The predicted octanol–water partition coefficient (Wildman–Crippen LogP) is 1.58. The lowest BCUT2D eigenvalue weighted by atomic mass is 9.92. The number of carbonyl (C=O) groups excluding carboxylic acids is 3. The maximum absolute atomic E-state index is 13.3. The van der Waals surface area contributed by atoms with Crippen molar-refractivity contribution in [2.24, 2.45) is 5.73 Å². The number of nitrogens with two attached hydrogens (primary N) is 1. The molecule has 1 aromatic rings. The molecule has 1 saturated heterocycles. The number of hydrogen-bond acceptors (Lipinski definition) is 4. The van der Waals surface area contributed by atoms with Gasteiger partial charge >= 0.3 is 6.03 Å². The number of urea groups is 1. The summed E-state index contributed by atoms with van der Waals surface area (Å²) in [6, 6.07) is 7.07. The van der Waals surface area contributed by atoms with Crippen molar-refractivity contribution >= 4 is 17.8 Å². The third-order valence-electron chi connectivity index (χ3n) is 5.72. The molecule has 2 fully saturated rings. The van der Waals surface area contributed by atoms with Gasteiger partial charge in [-0.1, -0.05) is 17.7 Å². The maximum atomic E-state index is 13.3. The summed E-state index contributed by atoms with van der Waals surface area (Å²) >= 11 is 0. The summed E-state index contributed by atoms with van der Waals surface area (Å²) in [7, 11) is 0. The molecular formula is C22H33N5O3. The van der Waals surface area contributed by atoms with E-state index in [1.54, 1.807) is 12.1 Å². The van der Waals surface area contributed by atoms with Gasteiger partial charge in [-0.25, -0.2) is 4.79 Å². The van der Waals surface area contributed by atoms with Crippen molar-refractivity contribution in [2.75, 3.05) is 13.1 Å². The smallest absolute Gasteiger partial charge is 0.319 e. The Labute approximate surface area is 178 Å². The Balaban J connectivity index is 1.81. The molecule has 1 saturated carbocycles. The third-order valence-corrected chi connectivity index (χ3v) is 5.72. The number of rotatable bonds is 4. The van der Waals surface area contributed by atoms with Crippen molar-refractivity contribution in [3.8, 4) is 0 Å². The van der Waals surface area contributed by atoms with Crippen LogP contribution in [0.5, 0.6) is 0 Å². The Morgan fingerprint density at radius 2 is 1.73 bits per heavy atom. The first kappa shape index (κ1) is 22.1. The molecule has 1 unspecified atom stereocenters. The van der Waals surface area contributed by atoms with Crippen LogP contribution in [-0.2, 0) is 4.79 Å². The van der Waals surface area contributed by atoms with Gasteiger partial charge in [0.1, 0.15) is 0 Å². The fourth-order valence-electron chi connectivity index (χ4n) is 4.15. The highest BCUT2D eigenvalue weighted by Gasteiger charge is 2.43. The average Bonchev–Trinajstić information content (AvgIpc) is 3.14. The lowest BCUT2D eigenvalue weighted by Crippen LogP contribution is -2.58. The van der Waals surface area contributed by atoms with Gasteiger partial charge in [0.05, 0.1) is 0 Å². The zero-order valence-corrected chi connectivity index (χ0v) is 18.1. The number of nitrogens with zero attached hydrogens (tertiary/aromatic N) is 2. The summed E-state index contributed by atoms with van der Waals surface area (Å²) in [5, 5.41) is 5.90. The largest absolute Gasteiger partial charge is 0.350 e. The highest BCUT2D eigenvalue weighted by molar-refractivity contribution is 5.99. The van der Waals surface area contributed by atoms with Crippen LogP contribution < -0.4 is 16.4 Å². The van der Waals surface area contributed by atoms with Crippen LogP contribution in [0.15, 0.2) is 24.3 Å². The van der Waals surface area contributed by atoms with Crippen molar-refractivity contribution in [1.82, 2.24) is 20.4 Å². The monoisotopic (exact) mass is 415 g/mol. The first-order valence-electron chi connectivity index (χ1n) is 10.8. The average molecular weight is 416 g/mol. The van der Waals surface area contributed by atoms with E-state index < -0.39 is 6.17 Å². The van der Waals surface area contributed by atoms with E-state index in [9.17, 15) is 14.4 Å². The quantitative estimate of drug-likeness (QED) is 0.694. The van der Waals surface area contributed by atoms with Gasteiger partial charge in [-0.3, -0.25) is 14.5 Å². The van der Waals surface area contributed by atoms with Gasteiger partial charge in [0.2, 0.25) is 0 Å². The molecule has 1 aliphatic heterocycles. The lowest BCUT2D eigenvalue weighted by Gasteiger charge is -2.33. The van der Waals surface area contributed by atoms with E-state index >= 15 is 0 Å². The second-order valence-electron chi connectivity index (χ2n) is 8.66. The maximum Gasteiger partial charge on any atom is 0.319 e. The van der Waals surface area contributed by atoms with E-state index in [1.165, 1.54) is 9.80 Å². The van der Waals surface area contributed by atoms with Crippen LogP contribution in [-0.4, -0.2) is 65.0 Å². The molecule has 0 radical (unpaired) electrons. The Kier molecular flexibility index (Phi) is 6.97. The number of carbonyl (C=O) groups is 3. The number of nitrogens with one attached hydrogen (secondary N) is 2. The topological polar surface area (TPSA) is 108 Å². The number of hydrogen-bond donors (Lipinski definition) is 3. The van der Waals surface area contributed by atoms with Crippen LogP contribution in [0.4, 0.5) is 4.79 Å². The molecule has 4 N–H and O–H groups in total. The molecule has 1 aliphatic carbocycles. The molecule has 4 amide bonds. The normalized spacial score (nSPS) is 24.1. The van der Waals surface area contributed by atoms with Gasteiger partial charge in [-0.2, -0.15) is 0 Å². The van der Waals surface area contributed by atoms with E-state index in [4.69, 9.17) is 5.73 Å². The molecule has 0 spiro atoms. The van der Waals surface area contributed by atoms with Crippen LogP contribution in [0.3, 0.4) is 0 Å². The summed E-state index contributed by atoms with van der Waals surface area (Å²) in [6.07, 6.45) is 2.37. The minimum absolute atomic E-state index is 0.0174. The van der Waals surface area contributed by atoms with E-state index in [0.29, 0.717) is 18.7 Å².